The summed E-state index contributed by atoms with van der Waals surface area (Å²) in [6, 6.07) is 4.71. The Morgan fingerprint density at radius 2 is 2.00 bits per heavy atom. The third kappa shape index (κ3) is 2.68. The molecule has 3 aliphatic rings. The third-order valence-corrected chi connectivity index (χ3v) is 5.33. The van der Waals surface area contributed by atoms with Gasteiger partial charge in [0.1, 0.15) is 5.82 Å². The molecule has 0 amide bonds. The lowest BCUT2D eigenvalue weighted by Crippen LogP contribution is -2.35. The molecule has 4 rings (SSSR count). The minimum absolute atomic E-state index is 0.638. The highest BCUT2D eigenvalue weighted by atomic mass is 16.5. The van der Waals surface area contributed by atoms with Gasteiger partial charge in [-0.2, -0.15) is 4.98 Å². The topological polar surface area (TPSA) is 51.4 Å². The van der Waals surface area contributed by atoms with Crippen LogP contribution in [0.5, 0.6) is 5.88 Å². The number of nitrogen functional groups attached to an aromatic ring is 1. The largest absolute Gasteiger partial charge is 0.476 e. The fraction of sp³-hybridized carbons (Fsp3) is 0.706. The molecule has 2 aliphatic carbocycles. The molecule has 1 aliphatic heterocycles. The van der Waals surface area contributed by atoms with Crippen molar-refractivity contribution in [2.24, 2.45) is 11.8 Å². The smallest absolute Gasteiger partial charge is 0.239 e. The lowest BCUT2D eigenvalue weighted by molar-refractivity contribution is 0.290. The molecule has 2 atom stereocenters. The number of aromatic nitrogens is 1. The number of ether oxygens (including phenoxy) is 1. The van der Waals surface area contributed by atoms with E-state index in [9.17, 15) is 0 Å². The van der Waals surface area contributed by atoms with E-state index in [-0.39, 0.29) is 0 Å². The van der Waals surface area contributed by atoms with Gasteiger partial charge in [-0.05, 0) is 56.1 Å². The Kier molecular flexibility index (Phi) is 3.40. The second kappa shape index (κ2) is 5.39. The van der Waals surface area contributed by atoms with Crippen LogP contribution in [-0.2, 0) is 0 Å². The number of hydrogen-bond donors (Lipinski definition) is 1. The fourth-order valence-electron chi connectivity index (χ4n) is 3.89. The highest BCUT2D eigenvalue weighted by Crippen LogP contribution is 2.39. The van der Waals surface area contributed by atoms with Gasteiger partial charge in [0.15, 0.2) is 0 Å². The van der Waals surface area contributed by atoms with Crippen molar-refractivity contribution in [3.8, 4) is 5.88 Å². The third-order valence-electron chi connectivity index (χ3n) is 5.33. The number of anilines is 2. The molecule has 21 heavy (non-hydrogen) atoms. The van der Waals surface area contributed by atoms with Crippen LogP contribution in [0.25, 0.3) is 0 Å². The van der Waals surface area contributed by atoms with Crippen LogP contribution in [0.2, 0.25) is 0 Å². The van der Waals surface area contributed by atoms with Crippen LogP contribution in [0, 0.1) is 11.8 Å². The Labute approximate surface area is 126 Å². The summed E-state index contributed by atoms with van der Waals surface area (Å²) in [4.78, 5) is 7.22. The molecule has 1 saturated heterocycles. The van der Waals surface area contributed by atoms with Crippen LogP contribution in [0.1, 0.15) is 44.9 Å². The van der Waals surface area contributed by atoms with Gasteiger partial charge >= 0.3 is 0 Å². The molecule has 1 aromatic heterocycles. The van der Waals surface area contributed by atoms with Crippen molar-refractivity contribution < 1.29 is 4.74 Å². The van der Waals surface area contributed by atoms with Crippen LogP contribution in [0.4, 0.5) is 11.5 Å². The van der Waals surface area contributed by atoms with Gasteiger partial charge in [-0.1, -0.05) is 12.8 Å². The summed E-state index contributed by atoms with van der Waals surface area (Å²) in [5.74, 6) is 3.29. The first-order valence-electron chi connectivity index (χ1n) is 8.47. The van der Waals surface area contributed by atoms with Gasteiger partial charge in [0.05, 0.1) is 12.3 Å². The minimum atomic E-state index is 0.638. The number of pyridine rings is 1. The van der Waals surface area contributed by atoms with Crippen molar-refractivity contribution >= 4 is 11.5 Å². The molecule has 114 valence electrons. The van der Waals surface area contributed by atoms with E-state index in [0.29, 0.717) is 17.6 Å². The van der Waals surface area contributed by atoms with Crippen molar-refractivity contribution in [3.05, 3.63) is 12.1 Å². The second-order valence-corrected chi connectivity index (χ2v) is 6.91. The summed E-state index contributed by atoms with van der Waals surface area (Å²) in [7, 11) is 0. The van der Waals surface area contributed by atoms with Gasteiger partial charge in [-0.25, -0.2) is 0 Å². The van der Waals surface area contributed by atoms with Crippen molar-refractivity contribution in [1.29, 1.82) is 0 Å². The maximum absolute atomic E-state index is 6.02. The zero-order chi connectivity index (χ0) is 14.2. The summed E-state index contributed by atoms with van der Waals surface area (Å²) in [6.45, 7) is 1.90. The van der Waals surface area contributed by atoms with E-state index in [1.54, 1.807) is 0 Å². The molecule has 0 bridgehead atoms. The Morgan fingerprint density at radius 3 is 2.86 bits per heavy atom. The van der Waals surface area contributed by atoms with Crippen LogP contribution < -0.4 is 15.4 Å². The first-order chi connectivity index (χ1) is 10.3. The molecule has 3 fully saturated rings. The first kappa shape index (κ1) is 13.2. The van der Waals surface area contributed by atoms with E-state index in [1.807, 2.05) is 6.07 Å². The fourth-order valence-corrected chi connectivity index (χ4v) is 3.89. The van der Waals surface area contributed by atoms with Gasteiger partial charge < -0.3 is 15.4 Å². The zero-order valence-corrected chi connectivity index (χ0v) is 12.6. The van der Waals surface area contributed by atoms with E-state index in [1.165, 1.54) is 44.9 Å². The highest BCUT2D eigenvalue weighted by molar-refractivity contribution is 5.55. The van der Waals surface area contributed by atoms with Crippen LogP contribution in [0.15, 0.2) is 12.1 Å². The molecular formula is C17H25N3O. The first-order valence-corrected chi connectivity index (χ1v) is 8.47. The van der Waals surface area contributed by atoms with Crippen LogP contribution in [0.3, 0.4) is 0 Å². The molecule has 0 radical (unpaired) electrons. The molecule has 2 saturated carbocycles. The maximum Gasteiger partial charge on any atom is 0.239 e. The van der Waals surface area contributed by atoms with E-state index >= 15 is 0 Å². The molecule has 0 spiro atoms. The molecule has 0 aromatic carbocycles. The average Bonchev–Trinajstić information content (AvgIpc) is 3.24. The quantitative estimate of drug-likeness (QED) is 0.923. The Balaban J connectivity index is 1.52. The summed E-state index contributed by atoms with van der Waals surface area (Å²) < 4.78 is 5.83. The van der Waals surface area contributed by atoms with Gasteiger partial charge in [0, 0.05) is 12.6 Å². The molecule has 2 N–H and O–H groups in total. The summed E-state index contributed by atoms with van der Waals surface area (Å²) >= 11 is 0. The minimum Gasteiger partial charge on any atom is -0.476 e. The maximum atomic E-state index is 6.02. The molecule has 2 unspecified atom stereocenters. The molecule has 1 aromatic rings. The normalized spacial score (nSPS) is 28.5. The highest BCUT2D eigenvalue weighted by Gasteiger charge is 2.36. The van der Waals surface area contributed by atoms with E-state index in [0.717, 1.165) is 30.8 Å². The number of nitrogens with two attached hydrogens (primary N) is 1. The van der Waals surface area contributed by atoms with E-state index in [4.69, 9.17) is 15.5 Å². The predicted octanol–water partition coefficient (Wildman–Crippen LogP) is 3.22. The Hall–Kier alpha value is -1.45. The standard InChI is InChI=1S/C17H25N3O/c18-14-7-8-16(19-17(14)21-11-12-5-6-12)20-10-9-13-3-1-2-4-15(13)20/h7-8,12-13,15H,1-6,9-11,18H2. The van der Waals surface area contributed by atoms with E-state index < -0.39 is 0 Å². The summed E-state index contributed by atoms with van der Waals surface area (Å²) in [5, 5.41) is 0. The summed E-state index contributed by atoms with van der Waals surface area (Å²) in [5.41, 5.74) is 6.69. The Morgan fingerprint density at radius 1 is 1.14 bits per heavy atom. The van der Waals surface area contributed by atoms with Gasteiger partial charge in [-0.15, -0.1) is 0 Å². The molecular weight excluding hydrogens is 262 g/mol. The molecule has 4 nitrogen and oxygen atoms in total. The lowest BCUT2D eigenvalue weighted by Gasteiger charge is -2.32. The van der Waals surface area contributed by atoms with Gasteiger partial charge in [0.2, 0.25) is 5.88 Å². The van der Waals surface area contributed by atoms with Crippen molar-refractivity contribution in [1.82, 2.24) is 4.98 Å². The summed E-state index contributed by atoms with van der Waals surface area (Å²) in [6.07, 6.45) is 9.35. The van der Waals surface area contributed by atoms with Crippen molar-refractivity contribution in [3.63, 3.8) is 0 Å². The lowest BCUT2D eigenvalue weighted by atomic mass is 9.85. The number of nitrogens with zero attached hydrogens (tertiary/aromatic N) is 2. The van der Waals surface area contributed by atoms with Crippen molar-refractivity contribution in [2.45, 2.75) is 51.0 Å². The number of fused-ring (bicyclic) bond motifs is 1. The monoisotopic (exact) mass is 287 g/mol. The second-order valence-electron chi connectivity index (χ2n) is 6.91. The SMILES string of the molecule is Nc1ccc(N2CCC3CCCCC32)nc1OCC1CC1. The average molecular weight is 287 g/mol. The van der Waals surface area contributed by atoms with E-state index in [2.05, 4.69) is 11.0 Å². The predicted molar refractivity (Wildman–Crippen MR) is 84.6 cm³/mol. The molecule has 2 heterocycles. The molecule has 4 heteroatoms. The number of rotatable bonds is 4. The Bertz CT molecular complexity index is 515. The number of hydrogen-bond acceptors (Lipinski definition) is 4. The van der Waals surface area contributed by atoms with Gasteiger partial charge in [-0.3, -0.25) is 0 Å². The van der Waals surface area contributed by atoms with Crippen LogP contribution >= 0.6 is 0 Å². The van der Waals surface area contributed by atoms with Gasteiger partial charge in [0.25, 0.3) is 0 Å². The van der Waals surface area contributed by atoms with Crippen LogP contribution in [-0.4, -0.2) is 24.2 Å². The van der Waals surface area contributed by atoms with Crippen molar-refractivity contribution in [2.75, 3.05) is 23.8 Å². The zero-order valence-electron chi connectivity index (χ0n) is 12.6.